The number of carboxylic acid groups (broad SMARTS) is 1. The Kier molecular flexibility index (Phi) is 5.72. The van der Waals surface area contributed by atoms with Crippen LogP contribution in [0.5, 0.6) is 0 Å². The Labute approximate surface area is 166 Å². The standard InChI is InChI=1S/C20H22N2O3S2/c1-20(2,3)14-6-4-13(5-7-14)12-27-19-21-15-9-11-26-17(15)18(25)22(19)10-8-16(23)24/h4-7,9,11H,8,10,12H2,1-3H3,(H,23,24). The van der Waals surface area contributed by atoms with E-state index < -0.39 is 5.97 Å². The fourth-order valence-electron chi connectivity index (χ4n) is 2.69. The van der Waals surface area contributed by atoms with E-state index in [1.807, 2.05) is 11.4 Å². The van der Waals surface area contributed by atoms with Gasteiger partial charge < -0.3 is 5.11 Å². The fourth-order valence-corrected chi connectivity index (χ4v) is 4.45. The Morgan fingerprint density at radius 2 is 1.93 bits per heavy atom. The van der Waals surface area contributed by atoms with Crippen LogP contribution in [0.2, 0.25) is 0 Å². The highest BCUT2D eigenvalue weighted by molar-refractivity contribution is 7.98. The van der Waals surface area contributed by atoms with E-state index in [1.54, 1.807) is 0 Å². The van der Waals surface area contributed by atoms with E-state index in [9.17, 15) is 9.59 Å². The van der Waals surface area contributed by atoms with Gasteiger partial charge in [-0.15, -0.1) is 11.3 Å². The predicted molar refractivity (Wildman–Crippen MR) is 111 cm³/mol. The molecule has 0 bridgehead atoms. The van der Waals surface area contributed by atoms with E-state index in [0.717, 1.165) is 5.56 Å². The molecule has 0 saturated carbocycles. The largest absolute Gasteiger partial charge is 0.481 e. The molecule has 0 fully saturated rings. The molecule has 0 aliphatic rings. The molecule has 0 saturated heterocycles. The van der Waals surface area contributed by atoms with Gasteiger partial charge >= 0.3 is 5.97 Å². The van der Waals surface area contributed by atoms with Crippen LogP contribution >= 0.6 is 23.1 Å². The lowest BCUT2D eigenvalue weighted by Gasteiger charge is -2.19. The number of carboxylic acids is 1. The van der Waals surface area contributed by atoms with Crippen LogP contribution in [0.3, 0.4) is 0 Å². The first-order valence-electron chi connectivity index (χ1n) is 8.68. The van der Waals surface area contributed by atoms with Gasteiger partial charge in [-0.2, -0.15) is 0 Å². The van der Waals surface area contributed by atoms with Crippen molar-refractivity contribution < 1.29 is 9.90 Å². The van der Waals surface area contributed by atoms with E-state index in [1.165, 1.54) is 33.2 Å². The lowest BCUT2D eigenvalue weighted by Crippen LogP contribution is -2.23. The first-order chi connectivity index (χ1) is 12.8. The summed E-state index contributed by atoms with van der Waals surface area (Å²) in [6.07, 6.45) is -0.105. The highest BCUT2D eigenvalue weighted by Gasteiger charge is 2.15. The van der Waals surface area contributed by atoms with Crippen molar-refractivity contribution in [2.24, 2.45) is 0 Å². The summed E-state index contributed by atoms with van der Waals surface area (Å²) < 4.78 is 2.06. The zero-order valence-corrected chi connectivity index (χ0v) is 17.2. The number of nitrogens with zero attached hydrogens (tertiary/aromatic N) is 2. The van der Waals surface area contributed by atoms with Crippen molar-refractivity contribution in [3.05, 3.63) is 57.2 Å². The van der Waals surface area contributed by atoms with Gasteiger partial charge in [-0.3, -0.25) is 14.2 Å². The molecule has 27 heavy (non-hydrogen) atoms. The van der Waals surface area contributed by atoms with Crippen LogP contribution in [0, 0.1) is 0 Å². The van der Waals surface area contributed by atoms with E-state index in [0.29, 0.717) is 21.1 Å². The molecule has 0 spiro atoms. The zero-order valence-electron chi connectivity index (χ0n) is 15.6. The zero-order chi connectivity index (χ0) is 19.6. The monoisotopic (exact) mass is 402 g/mol. The number of aliphatic carboxylic acids is 1. The molecule has 5 nitrogen and oxygen atoms in total. The molecule has 0 atom stereocenters. The van der Waals surface area contributed by atoms with Crippen LogP contribution in [-0.4, -0.2) is 20.6 Å². The van der Waals surface area contributed by atoms with Crippen molar-refractivity contribution in [1.82, 2.24) is 9.55 Å². The van der Waals surface area contributed by atoms with Crippen molar-refractivity contribution in [3.63, 3.8) is 0 Å². The molecule has 0 aliphatic carbocycles. The van der Waals surface area contributed by atoms with Gasteiger partial charge in [-0.25, -0.2) is 4.98 Å². The second-order valence-electron chi connectivity index (χ2n) is 7.37. The van der Waals surface area contributed by atoms with Crippen LogP contribution in [-0.2, 0) is 22.5 Å². The molecule has 0 aliphatic heterocycles. The number of hydrogen-bond donors (Lipinski definition) is 1. The van der Waals surface area contributed by atoms with Gasteiger partial charge in [-0.05, 0) is 28.0 Å². The SMILES string of the molecule is CC(C)(C)c1ccc(CSc2nc3ccsc3c(=O)n2CCC(=O)O)cc1. The van der Waals surface area contributed by atoms with Crippen molar-refractivity contribution in [2.45, 2.75) is 50.1 Å². The third-order valence-corrected chi connectivity index (χ3v) is 6.21. The topological polar surface area (TPSA) is 72.2 Å². The maximum atomic E-state index is 12.7. The maximum Gasteiger partial charge on any atom is 0.305 e. The number of carbonyl (C=O) groups is 1. The predicted octanol–water partition coefficient (Wildman–Crippen LogP) is 4.52. The number of aromatic nitrogens is 2. The average molecular weight is 403 g/mol. The Morgan fingerprint density at radius 1 is 1.22 bits per heavy atom. The Hall–Kier alpha value is -2.12. The normalized spacial score (nSPS) is 11.8. The summed E-state index contributed by atoms with van der Waals surface area (Å²) in [4.78, 5) is 28.3. The van der Waals surface area contributed by atoms with E-state index in [-0.39, 0.29) is 23.9 Å². The second kappa shape index (κ2) is 7.86. The van der Waals surface area contributed by atoms with Gasteiger partial charge in [0.05, 0.1) is 11.9 Å². The molecular weight excluding hydrogens is 380 g/mol. The molecule has 0 radical (unpaired) electrons. The lowest BCUT2D eigenvalue weighted by atomic mass is 9.87. The minimum Gasteiger partial charge on any atom is -0.481 e. The number of thiophene rings is 1. The van der Waals surface area contributed by atoms with Gasteiger partial charge in [0, 0.05) is 12.3 Å². The molecule has 3 rings (SSSR count). The van der Waals surface area contributed by atoms with Crippen molar-refractivity contribution >= 4 is 39.3 Å². The number of thioether (sulfide) groups is 1. The quantitative estimate of drug-likeness (QED) is 0.485. The first kappa shape index (κ1) is 19.6. The number of benzene rings is 1. The minimum absolute atomic E-state index is 0.105. The lowest BCUT2D eigenvalue weighted by molar-refractivity contribution is -0.137. The second-order valence-corrected chi connectivity index (χ2v) is 9.22. The highest BCUT2D eigenvalue weighted by Crippen LogP contribution is 2.26. The number of rotatable bonds is 6. The van der Waals surface area contributed by atoms with Crippen molar-refractivity contribution in [2.75, 3.05) is 0 Å². The summed E-state index contributed by atoms with van der Waals surface area (Å²) in [5.41, 5.74) is 3.02. The molecule has 2 heterocycles. The summed E-state index contributed by atoms with van der Waals surface area (Å²) in [5.74, 6) is -0.263. The summed E-state index contributed by atoms with van der Waals surface area (Å²) >= 11 is 2.80. The third-order valence-electron chi connectivity index (χ3n) is 4.27. The Morgan fingerprint density at radius 3 is 2.56 bits per heavy atom. The van der Waals surface area contributed by atoms with Crippen LogP contribution in [0.25, 0.3) is 10.2 Å². The molecule has 3 aromatic rings. The van der Waals surface area contributed by atoms with Crippen molar-refractivity contribution in [1.29, 1.82) is 0 Å². The summed E-state index contributed by atoms with van der Waals surface area (Å²) in [6.45, 7) is 6.66. The van der Waals surface area contributed by atoms with Crippen molar-refractivity contribution in [3.8, 4) is 0 Å². The summed E-state index contributed by atoms with van der Waals surface area (Å²) in [6, 6.07) is 10.3. The van der Waals surface area contributed by atoms with Gasteiger partial charge in [-0.1, -0.05) is 56.8 Å². The number of fused-ring (bicyclic) bond motifs is 1. The molecule has 0 amide bonds. The van der Waals surface area contributed by atoms with Crippen LogP contribution in [0.4, 0.5) is 0 Å². The average Bonchev–Trinajstić information content (AvgIpc) is 3.07. The molecule has 2 aromatic heterocycles. The fraction of sp³-hybridized carbons (Fsp3) is 0.350. The minimum atomic E-state index is -0.929. The van der Waals surface area contributed by atoms with Crippen LogP contribution < -0.4 is 5.56 Å². The Bertz CT molecular complexity index is 1010. The molecule has 0 unspecified atom stereocenters. The van der Waals surface area contributed by atoms with Crippen LogP contribution in [0.1, 0.15) is 38.3 Å². The molecular formula is C20H22N2O3S2. The molecule has 142 valence electrons. The first-order valence-corrected chi connectivity index (χ1v) is 10.5. The molecule has 7 heteroatoms. The highest BCUT2D eigenvalue weighted by atomic mass is 32.2. The van der Waals surface area contributed by atoms with E-state index >= 15 is 0 Å². The van der Waals surface area contributed by atoms with E-state index in [4.69, 9.17) is 5.11 Å². The van der Waals surface area contributed by atoms with Gasteiger partial charge in [0.2, 0.25) is 0 Å². The molecule has 1 aromatic carbocycles. The van der Waals surface area contributed by atoms with Gasteiger partial charge in [0.15, 0.2) is 5.16 Å². The summed E-state index contributed by atoms with van der Waals surface area (Å²) in [5, 5.41) is 11.4. The third kappa shape index (κ3) is 4.59. The van der Waals surface area contributed by atoms with Gasteiger partial charge in [0.1, 0.15) is 4.70 Å². The van der Waals surface area contributed by atoms with Gasteiger partial charge in [0.25, 0.3) is 5.56 Å². The van der Waals surface area contributed by atoms with E-state index in [2.05, 4.69) is 50.0 Å². The maximum absolute atomic E-state index is 12.7. The smallest absolute Gasteiger partial charge is 0.305 e. The summed E-state index contributed by atoms with van der Waals surface area (Å²) in [7, 11) is 0. The molecule has 1 N–H and O–H groups in total. The van der Waals surface area contributed by atoms with Crippen LogP contribution in [0.15, 0.2) is 45.7 Å². The Balaban J connectivity index is 1.86. The number of hydrogen-bond acceptors (Lipinski definition) is 5.